The first-order valence-corrected chi connectivity index (χ1v) is 5.94. The van der Waals surface area contributed by atoms with Crippen LogP contribution in [0.4, 0.5) is 0 Å². The van der Waals surface area contributed by atoms with E-state index >= 15 is 0 Å². The van der Waals surface area contributed by atoms with Crippen molar-refractivity contribution < 1.29 is 24.6 Å². The highest BCUT2D eigenvalue weighted by Crippen LogP contribution is 2.14. The maximum absolute atomic E-state index is 12.1. The SMILES string of the molecule is O=C(O)CC(NC(=O)c1cccc2nccnc12)C(=O)O. The third-order valence-corrected chi connectivity index (χ3v) is 2.73. The molecule has 2 rings (SSSR count). The van der Waals surface area contributed by atoms with Gasteiger partial charge in [0.25, 0.3) is 5.91 Å². The second-order valence-corrected chi connectivity index (χ2v) is 4.19. The molecule has 1 aromatic carbocycles. The average molecular weight is 289 g/mol. The van der Waals surface area contributed by atoms with Crippen LogP contribution in [0, 0.1) is 0 Å². The van der Waals surface area contributed by atoms with E-state index in [0.29, 0.717) is 11.0 Å². The fraction of sp³-hybridized carbons (Fsp3) is 0.154. The lowest BCUT2D eigenvalue weighted by atomic mass is 10.1. The molecule has 3 N–H and O–H groups in total. The zero-order valence-corrected chi connectivity index (χ0v) is 10.7. The Morgan fingerprint density at radius 1 is 1.14 bits per heavy atom. The first-order valence-electron chi connectivity index (χ1n) is 5.94. The number of rotatable bonds is 5. The summed E-state index contributed by atoms with van der Waals surface area (Å²) in [5.41, 5.74) is 0.935. The first-order chi connectivity index (χ1) is 9.99. The summed E-state index contributed by atoms with van der Waals surface area (Å²) < 4.78 is 0. The van der Waals surface area contributed by atoms with Crippen LogP contribution in [0.3, 0.4) is 0 Å². The van der Waals surface area contributed by atoms with Crippen LogP contribution in [0.25, 0.3) is 11.0 Å². The Labute approximate surface area is 118 Å². The van der Waals surface area contributed by atoms with E-state index in [1.54, 1.807) is 12.1 Å². The molecule has 21 heavy (non-hydrogen) atoms. The monoisotopic (exact) mass is 289 g/mol. The lowest BCUT2D eigenvalue weighted by molar-refractivity contribution is -0.145. The molecule has 0 fully saturated rings. The maximum Gasteiger partial charge on any atom is 0.326 e. The largest absolute Gasteiger partial charge is 0.481 e. The van der Waals surface area contributed by atoms with E-state index in [-0.39, 0.29) is 5.56 Å². The number of fused-ring (bicyclic) bond motifs is 1. The number of hydrogen-bond acceptors (Lipinski definition) is 5. The Morgan fingerprint density at radius 2 is 1.86 bits per heavy atom. The molecule has 2 aromatic rings. The topological polar surface area (TPSA) is 129 Å². The number of nitrogens with one attached hydrogen (secondary N) is 1. The van der Waals surface area contributed by atoms with Gasteiger partial charge in [-0.2, -0.15) is 0 Å². The standard InChI is InChI=1S/C13H11N3O5/c17-10(18)6-9(13(20)21)16-12(19)7-2-1-3-8-11(7)15-5-4-14-8/h1-5,9H,6H2,(H,16,19)(H,17,18)(H,20,21). The molecule has 0 radical (unpaired) electrons. The molecule has 8 heteroatoms. The number of hydrogen-bond donors (Lipinski definition) is 3. The minimum atomic E-state index is -1.51. The molecule has 1 aromatic heterocycles. The molecule has 0 saturated heterocycles. The quantitative estimate of drug-likeness (QED) is 0.721. The van der Waals surface area contributed by atoms with Crippen molar-refractivity contribution in [1.82, 2.24) is 15.3 Å². The number of aromatic nitrogens is 2. The third-order valence-electron chi connectivity index (χ3n) is 2.73. The van der Waals surface area contributed by atoms with Crippen molar-refractivity contribution in [2.24, 2.45) is 0 Å². The number of nitrogens with zero attached hydrogens (tertiary/aromatic N) is 2. The van der Waals surface area contributed by atoms with E-state index in [9.17, 15) is 14.4 Å². The second kappa shape index (κ2) is 5.95. The summed E-state index contributed by atoms with van der Waals surface area (Å²) in [4.78, 5) is 41.7. The minimum Gasteiger partial charge on any atom is -0.481 e. The van der Waals surface area contributed by atoms with Gasteiger partial charge in [0.15, 0.2) is 0 Å². The molecule has 0 aliphatic heterocycles. The number of amides is 1. The van der Waals surface area contributed by atoms with Gasteiger partial charge in [-0.3, -0.25) is 19.6 Å². The van der Waals surface area contributed by atoms with Crippen LogP contribution in [0.5, 0.6) is 0 Å². The molecule has 0 spiro atoms. The number of carbonyl (C=O) groups excluding carboxylic acids is 1. The summed E-state index contributed by atoms with van der Waals surface area (Å²) in [5.74, 6) is -3.45. The van der Waals surface area contributed by atoms with Crippen LogP contribution in [-0.4, -0.2) is 44.1 Å². The van der Waals surface area contributed by atoms with Crippen LogP contribution in [0.15, 0.2) is 30.6 Å². The second-order valence-electron chi connectivity index (χ2n) is 4.19. The highest BCUT2D eigenvalue weighted by atomic mass is 16.4. The van der Waals surface area contributed by atoms with Crippen LogP contribution in [0.2, 0.25) is 0 Å². The number of carboxylic acid groups (broad SMARTS) is 2. The Kier molecular flexibility index (Phi) is 4.07. The zero-order valence-electron chi connectivity index (χ0n) is 10.7. The Balaban J connectivity index is 2.29. The number of aliphatic carboxylic acids is 2. The lowest BCUT2D eigenvalue weighted by Gasteiger charge is -2.13. The van der Waals surface area contributed by atoms with Crippen molar-refractivity contribution in [3.63, 3.8) is 0 Å². The summed E-state index contributed by atoms with van der Waals surface area (Å²) in [6.45, 7) is 0. The van der Waals surface area contributed by atoms with Gasteiger partial charge in [-0.25, -0.2) is 4.79 Å². The van der Waals surface area contributed by atoms with Crippen molar-refractivity contribution in [3.8, 4) is 0 Å². The Bertz CT molecular complexity index is 711. The fourth-order valence-electron chi connectivity index (χ4n) is 1.79. The summed E-state index contributed by atoms with van der Waals surface area (Å²) in [6.07, 6.45) is 2.16. The number of benzene rings is 1. The minimum absolute atomic E-state index is 0.136. The highest BCUT2D eigenvalue weighted by Gasteiger charge is 2.24. The highest BCUT2D eigenvalue weighted by molar-refractivity contribution is 6.05. The predicted octanol–water partition coefficient (Wildman–Crippen LogP) is 0.287. The van der Waals surface area contributed by atoms with Crippen molar-refractivity contribution in [1.29, 1.82) is 0 Å². The summed E-state index contributed by atoms with van der Waals surface area (Å²) in [6, 6.07) is 3.19. The average Bonchev–Trinajstić information content (AvgIpc) is 2.45. The first kappa shape index (κ1) is 14.4. The molecule has 0 aliphatic rings. The van der Waals surface area contributed by atoms with E-state index in [4.69, 9.17) is 10.2 Å². The van der Waals surface area contributed by atoms with Crippen molar-refractivity contribution >= 4 is 28.9 Å². The zero-order chi connectivity index (χ0) is 15.4. The fourth-order valence-corrected chi connectivity index (χ4v) is 1.79. The van der Waals surface area contributed by atoms with Crippen molar-refractivity contribution in [3.05, 3.63) is 36.2 Å². The molecule has 1 unspecified atom stereocenters. The van der Waals surface area contributed by atoms with Crippen molar-refractivity contribution in [2.45, 2.75) is 12.5 Å². The van der Waals surface area contributed by atoms with E-state index in [1.165, 1.54) is 18.5 Å². The number of carboxylic acids is 2. The molecule has 0 saturated carbocycles. The molecular formula is C13H11N3O5. The van der Waals surface area contributed by atoms with Crippen LogP contribution in [-0.2, 0) is 9.59 Å². The number of carbonyl (C=O) groups is 3. The van der Waals surface area contributed by atoms with E-state index < -0.39 is 30.3 Å². The molecule has 108 valence electrons. The van der Waals surface area contributed by atoms with Gasteiger partial charge in [0, 0.05) is 12.4 Å². The van der Waals surface area contributed by atoms with Crippen molar-refractivity contribution in [2.75, 3.05) is 0 Å². The Morgan fingerprint density at radius 3 is 2.52 bits per heavy atom. The molecular weight excluding hydrogens is 278 g/mol. The van der Waals surface area contributed by atoms with Gasteiger partial charge in [0.2, 0.25) is 0 Å². The maximum atomic E-state index is 12.1. The Hall–Kier alpha value is -3.03. The number of para-hydroxylation sites is 1. The van der Waals surface area contributed by atoms with Crippen LogP contribution >= 0.6 is 0 Å². The molecule has 1 heterocycles. The molecule has 1 atom stereocenters. The molecule has 1 amide bonds. The van der Waals surface area contributed by atoms with Gasteiger partial charge >= 0.3 is 11.9 Å². The summed E-state index contributed by atoms with van der Waals surface area (Å²) >= 11 is 0. The smallest absolute Gasteiger partial charge is 0.326 e. The van der Waals surface area contributed by atoms with Gasteiger partial charge in [-0.05, 0) is 12.1 Å². The predicted molar refractivity (Wildman–Crippen MR) is 70.7 cm³/mol. The molecule has 8 nitrogen and oxygen atoms in total. The van der Waals surface area contributed by atoms with Gasteiger partial charge in [0.05, 0.1) is 17.5 Å². The van der Waals surface area contributed by atoms with Crippen LogP contribution < -0.4 is 5.32 Å². The van der Waals surface area contributed by atoms with Gasteiger partial charge < -0.3 is 15.5 Å². The lowest BCUT2D eigenvalue weighted by Crippen LogP contribution is -2.42. The molecule has 0 bridgehead atoms. The van der Waals surface area contributed by atoms with Gasteiger partial charge in [0.1, 0.15) is 11.6 Å². The van der Waals surface area contributed by atoms with E-state index in [2.05, 4.69) is 15.3 Å². The van der Waals surface area contributed by atoms with E-state index in [0.717, 1.165) is 0 Å². The van der Waals surface area contributed by atoms with Gasteiger partial charge in [-0.15, -0.1) is 0 Å². The van der Waals surface area contributed by atoms with Gasteiger partial charge in [-0.1, -0.05) is 6.07 Å². The summed E-state index contributed by atoms with van der Waals surface area (Å²) in [5, 5.41) is 19.7. The third kappa shape index (κ3) is 3.30. The normalized spacial score (nSPS) is 11.8. The molecule has 0 aliphatic carbocycles. The van der Waals surface area contributed by atoms with Crippen LogP contribution in [0.1, 0.15) is 16.8 Å². The summed E-state index contributed by atoms with van der Waals surface area (Å²) in [7, 11) is 0. The van der Waals surface area contributed by atoms with E-state index in [1.807, 2.05) is 0 Å².